The molecule has 6 heteroatoms. The van der Waals surface area contributed by atoms with Gasteiger partial charge < -0.3 is 10.2 Å². The molecule has 1 aromatic heterocycles. The van der Waals surface area contributed by atoms with Gasteiger partial charge >= 0.3 is 0 Å². The van der Waals surface area contributed by atoms with Gasteiger partial charge in [0.05, 0.1) is 6.54 Å². The number of aryl methyl sites for hydroxylation is 1. The van der Waals surface area contributed by atoms with Crippen LogP contribution < -0.4 is 5.32 Å². The van der Waals surface area contributed by atoms with Crippen molar-refractivity contribution in [2.24, 2.45) is 11.8 Å². The minimum atomic E-state index is 0.245. The molecule has 0 aliphatic carbocycles. The van der Waals surface area contributed by atoms with Gasteiger partial charge in [0, 0.05) is 32.6 Å². The van der Waals surface area contributed by atoms with Crippen molar-refractivity contribution in [3.8, 4) is 0 Å². The molecule has 6 nitrogen and oxygen atoms in total. The third-order valence-corrected chi connectivity index (χ3v) is 3.76. The number of aromatic nitrogens is 3. The first kappa shape index (κ1) is 10.7. The van der Waals surface area contributed by atoms with Gasteiger partial charge in [-0.25, -0.2) is 4.98 Å². The maximum atomic E-state index is 12.0. The van der Waals surface area contributed by atoms with Crippen LogP contribution in [0.15, 0.2) is 12.7 Å². The van der Waals surface area contributed by atoms with E-state index in [0.29, 0.717) is 24.8 Å². The van der Waals surface area contributed by atoms with Crippen molar-refractivity contribution in [1.82, 2.24) is 25.0 Å². The summed E-state index contributed by atoms with van der Waals surface area (Å²) in [6, 6.07) is 0. The van der Waals surface area contributed by atoms with Crippen molar-refractivity contribution in [1.29, 1.82) is 0 Å². The maximum absolute atomic E-state index is 12.0. The van der Waals surface area contributed by atoms with E-state index in [9.17, 15) is 4.79 Å². The molecular formula is C11H17N5O. The average Bonchev–Trinajstić information content (AvgIpc) is 3.01. The van der Waals surface area contributed by atoms with E-state index in [-0.39, 0.29) is 5.91 Å². The number of carbonyl (C=O) groups is 1. The molecule has 2 saturated heterocycles. The number of amides is 1. The summed E-state index contributed by atoms with van der Waals surface area (Å²) in [5.74, 6) is 1.59. The van der Waals surface area contributed by atoms with E-state index in [1.54, 1.807) is 11.0 Å². The van der Waals surface area contributed by atoms with Crippen LogP contribution in [0.1, 0.15) is 6.42 Å². The minimum Gasteiger partial charge on any atom is -0.342 e. The molecule has 2 fully saturated rings. The molecule has 2 atom stereocenters. The zero-order chi connectivity index (χ0) is 11.7. The third-order valence-electron chi connectivity index (χ3n) is 3.76. The number of nitrogens with zero attached hydrogens (tertiary/aromatic N) is 4. The Morgan fingerprint density at radius 1 is 1.35 bits per heavy atom. The first-order chi connectivity index (χ1) is 8.33. The van der Waals surface area contributed by atoms with E-state index in [2.05, 4.69) is 15.4 Å². The fourth-order valence-corrected chi connectivity index (χ4v) is 2.78. The molecule has 2 aliphatic heterocycles. The highest BCUT2D eigenvalue weighted by molar-refractivity contribution is 5.76. The van der Waals surface area contributed by atoms with Gasteiger partial charge in [0.25, 0.3) is 0 Å². The van der Waals surface area contributed by atoms with E-state index >= 15 is 0 Å². The van der Waals surface area contributed by atoms with Crippen LogP contribution in [0.25, 0.3) is 0 Å². The molecule has 3 heterocycles. The van der Waals surface area contributed by atoms with Crippen molar-refractivity contribution in [2.75, 3.05) is 26.2 Å². The zero-order valence-electron chi connectivity index (χ0n) is 9.75. The summed E-state index contributed by atoms with van der Waals surface area (Å²) in [6.07, 6.45) is 3.67. The number of fused-ring (bicyclic) bond motifs is 1. The molecule has 0 unspecified atom stereocenters. The van der Waals surface area contributed by atoms with Crippen LogP contribution in [0.3, 0.4) is 0 Å². The number of rotatable bonds is 3. The van der Waals surface area contributed by atoms with Crippen LogP contribution in [-0.2, 0) is 11.3 Å². The summed E-state index contributed by atoms with van der Waals surface area (Å²) >= 11 is 0. The molecular weight excluding hydrogens is 218 g/mol. The summed E-state index contributed by atoms with van der Waals surface area (Å²) in [5.41, 5.74) is 0. The quantitative estimate of drug-likeness (QED) is 0.756. The molecule has 0 radical (unpaired) electrons. The zero-order valence-corrected chi connectivity index (χ0v) is 9.75. The average molecular weight is 235 g/mol. The highest BCUT2D eigenvalue weighted by atomic mass is 16.2. The molecule has 0 aromatic carbocycles. The smallest absolute Gasteiger partial charge is 0.224 e. The second-order valence-corrected chi connectivity index (χ2v) is 4.89. The van der Waals surface area contributed by atoms with Gasteiger partial charge in [0.1, 0.15) is 12.7 Å². The Balaban J connectivity index is 1.50. The highest BCUT2D eigenvalue weighted by Crippen LogP contribution is 2.26. The predicted molar refractivity (Wildman–Crippen MR) is 61.1 cm³/mol. The third kappa shape index (κ3) is 2.17. The van der Waals surface area contributed by atoms with Crippen LogP contribution in [0, 0.1) is 11.8 Å². The molecule has 1 amide bonds. The predicted octanol–water partition coefficient (Wildman–Crippen LogP) is -0.654. The van der Waals surface area contributed by atoms with Crippen molar-refractivity contribution < 1.29 is 4.79 Å². The first-order valence-corrected chi connectivity index (χ1v) is 6.14. The monoisotopic (exact) mass is 235 g/mol. The van der Waals surface area contributed by atoms with Crippen LogP contribution in [-0.4, -0.2) is 51.8 Å². The van der Waals surface area contributed by atoms with Crippen molar-refractivity contribution in [3.05, 3.63) is 12.7 Å². The van der Waals surface area contributed by atoms with E-state index in [4.69, 9.17) is 0 Å². The van der Waals surface area contributed by atoms with Crippen molar-refractivity contribution in [2.45, 2.75) is 13.0 Å². The van der Waals surface area contributed by atoms with E-state index < -0.39 is 0 Å². The summed E-state index contributed by atoms with van der Waals surface area (Å²) in [4.78, 5) is 17.9. The molecule has 2 aliphatic rings. The Morgan fingerprint density at radius 2 is 2.12 bits per heavy atom. The van der Waals surface area contributed by atoms with Gasteiger partial charge in [0.2, 0.25) is 5.91 Å². The fourth-order valence-electron chi connectivity index (χ4n) is 2.78. The van der Waals surface area contributed by atoms with Crippen molar-refractivity contribution >= 4 is 5.91 Å². The van der Waals surface area contributed by atoms with E-state index in [1.165, 1.54) is 6.33 Å². The minimum absolute atomic E-state index is 0.245. The molecule has 0 bridgehead atoms. The van der Waals surface area contributed by atoms with E-state index in [0.717, 1.165) is 26.2 Å². The lowest BCUT2D eigenvalue weighted by atomic mass is 10.0. The van der Waals surface area contributed by atoms with Gasteiger partial charge in [0.15, 0.2) is 0 Å². The number of likely N-dealkylation sites (tertiary alicyclic amines) is 1. The maximum Gasteiger partial charge on any atom is 0.224 e. The number of hydrogen-bond donors (Lipinski definition) is 1. The topological polar surface area (TPSA) is 63.1 Å². The lowest BCUT2D eigenvalue weighted by Gasteiger charge is -2.17. The van der Waals surface area contributed by atoms with Gasteiger partial charge in [-0.05, 0) is 11.8 Å². The fraction of sp³-hybridized carbons (Fsp3) is 0.727. The SMILES string of the molecule is O=C(CCn1cncn1)N1C[C@H]2CNC[C@H]2C1. The molecule has 1 N–H and O–H groups in total. The van der Waals surface area contributed by atoms with Crippen molar-refractivity contribution in [3.63, 3.8) is 0 Å². The number of carbonyl (C=O) groups excluding carboxylic acids is 1. The summed E-state index contributed by atoms with van der Waals surface area (Å²) in [6.45, 7) is 4.61. The summed E-state index contributed by atoms with van der Waals surface area (Å²) in [5, 5.41) is 7.37. The lowest BCUT2D eigenvalue weighted by Crippen LogP contribution is -2.32. The van der Waals surface area contributed by atoms with Crippen LogP contribution in [0.2, 0.25) is 0 Å². The molecule has 0 saturated carbocycles. The second-order valence-electron chi connectivity index (χ2n) is 4.89. The first-order valence-electron chi connectivity index (χ1n) is 6.14. The van der Waals surface area contributed by atoms with Crippen LogP contribution in [0.5, 0.6) is 0 Å². The Labute approximate surface area is 100 Å². The normalized spacial score (nSPS) is 27.4. The number of hydrogen-bond acceptors (Lipinski definition) is 4. The number of nitrogens with one attached hydrogen (secondary N) is 1. The summed E-state index contributed by atoms with van der Waals surface area (Å²) in [7, 11) is 0. The van der Waals surface area contributed by atoms with Gasteiger partial charge in [-0.3, -0.25) is 9.48 Å². The standard InChI is InChI=1S/C11H17N5O/c17-11(1-2-16-8-13-7-14-16)15-5-9-3-12-4-10(9)6-15/h7-10,12H,1-6H2/t9-,10+. The second kappa shape index (κ2) is 4.44. The lowest BCUT2D eigenvalue weighted by molar-refractivity contribution is -0.130. The van der Waals surface area contributed by atoms with Crippen LogP contribution >= 0.6 is 0 Å². The van der Waals surface area contributed by atoms with Gasteiger partial charge in [-0.15, -0.1) is 0 Å². The molecule has 3 rings (SSSR count). The molecule has 1 aromatic rings. The van der Waals surface area contributed by atoms with Crippen LogP contribution in [0.4, 0.5) is 0 Å². The molecule has 17 heavy (non-hydrogen) atoms. The Morgan fingerprint density at radius 3 is 2.76 bits per heavy atom. The Bertz CT molecular complexity index is 379. The largest absolute Gasteiger partial charge is 0.342 e. The molecule has 0 spiro atoms. The Hall–Kier alpha value is -1.43. The van der Waals surface area contributed by atoms with Gasteiger partial charge in [-0.2, -0.15) is 5.10 Å². The summed E-state index contributed by atoms with van der Waals surface area (Å²) < 4.78 is 1.70. The Kier molecular flexibility index (Phi) is 2.80. The van der Waals surface area contributed by atoms with E-state index in [1.807, 2.05) is 4.90 Å². The molecule has 92 valence electrons. The van der Waals surface area contributed by atoms with Gasteiger partial charge in [-0.1, -0.05) is 0 Å². The highest BCUT2D eigenvalue weighted by Gasteiger charge is 2.37.